The summed E-state index contributed by atoms with van der Waals surface area (Å²) in [5, 5.41) is 10.9. The van der Waals surface area contributed by atoms with Gasteiger partial charge in [0.15, 0.2) is 5.82 Å². The average Bonchev–Trinajstić information content (AvgIpc) is 2.93. The highest BCUT2D eigenvalue weighted by molar-refractivity contribution is 5.85. The smallest absolute Gasteiger partial charge is 0.352 e. The molecule has 1 aliphatic heterocycles. The van der Waals surface area contributed by atoms with Crippen molar-refractivity contribution >= 4 is 18.1 Å². The first-order valence-electron chi connectivity index (χ1n) is 7.55. The van der Waals surface area contributed by atoms with E-state index < -0.39 is 0 Å². The molecule has 6 nitrogen and oxygen atoms in total. The quantitative estimate of drug-likeness (QED) is 0.765. The highest BCUT2D eigenvalue weighted by atomic mass is 35.5. The maximum Gasteiger partial charge on any atom is 0.352 e. The fourth-order valence-electron chi connectivity index (χ4n) is 2.86. The Balaban J connectivity index is 0.00000169. The van der Waals surface area contributed by atoms with Crippen LogP contribution < -0.4 is 16.3 Å². The molecule has 0 bridgehead atoms. The summed E-state index contributed by atoms with van der Waals surface area (Å²) in [6.45, 7) is 1.23. The molecule has 0 radical (unpaired) electrons. The van der Waals surface area contributed by atoms with Gasteiger partial charge in [-0.25, -0.2) is 4.79 Å². The van der Waals surface area contributed by atoms with E-state index in [0.717, 1.165) is 23.5 Å². The topological polar surface area (TPSA) is 63.9 Å². The summed E-state index contributed by atoms with van der Waals surface area (Å²) in [4.78, 5) is 12.6. The van der Waals surface area contributed by atoms with Crippen LogP contribution in [-0.2, 0) is 13.2 Å². The van der Waals surface area contributed by atoms with Gasteiger partial charge in [-0.1, -0.05) is 24.3 Å². The predicted octanol–water partition coefficient (Wildman–Crippen LogP) is 2.23. The van der Waals surface area contributed by atoms with Crippen LogP contribution >= 0.6 is 12.4 Å². The van der Waals surface area contributed by atoms with E-state index >= 15 is 0 Å². The molecule has 24 heavy (non-hydrogen) atoms. The number of hydrogen-bond donors (Lipinski definition) is 2. The predicted molar refractivity (Wildman–Crippen MR) is 96.9 cm³/mol. The highest BCUT2D eigenvalue weighted by Crippen LogP contribution is 2.29. The number of para-hydroxylation sites is 1. The first-order chi connectivity index (χ1) is 11.3. The average molecular weight is 344 g/mol. The molecule has 0 unspecified atom stereocenters. The summed E-state index contributed by atoms with van der Waals surface area (Å²) in [5.41, 5.74) is 3.75. The second kappa shape index (κ2) is 6.51. The van der Waals surface area contributed by atoms with E-state index in [1.807, 2.05) is 55.6 Å². The molecule has 3 aromatic rings. The van der Waals surface area contributed by atoms with Crippen molar-refractivity contribution < 1.29 is 0 Å². The van der Waals surface area contributed by atoms with Crippen molar-refractivity contribution in [1.82, 2.24) is 19.7 Å². The van der Waals surface area contributed by atoms with Gasteiger partial charge >= 0.3 is 5.69 Å². The SMILES string of the molecule is CNCc1ccc(-n2nc3n(c2=O)CNc2ccccc2-3)cc1.Cl. The Morgan fingerprint density at radius 2 is 1.92 bits per heavy atom. The summed E-state index contributed by atoms with van der Waals surface area (Å²) in [7, 11) is 1.91. The van der Waals surface area contributed by atoms with Gasteiger partial charge in [-0.15, -0.1) is 17.5 Å². The Kier molecular flexibility index (Phi) is 4.42. The van der Waals surface area contributed by atoms with Gasteiger partial charge < -0.3 is 10.6 Å². The molecule has 0 amide bonds. The van der Waals surface area contributed by atoms with Crippen LogP contribution in [0, 0.1) is 0 Å². The van der Waals surface area contributed by atoms with E-state index in [1.165, 1.54) is 10.2 Å². The number of anilines is 1. The van der Waals surface area contributed by atoms with Crippen molar-refractivity contribution in [3.8, 4) is 17.1 Å². The fraction of sp³-hybridized carbons (Fsp3) is 0.176. The zero-order valence-electron chi connectivity index (χ0n) is 13.2. The molecule has 2 N–H and O–H groups in total. The molecule has 124 valence electrons. The van der Waals surface area contributed by atoms with Crippen LogP contribution in [0.5, 0.6) is 0 Å². The van der Waals surface area contributed by atoms with E-state index in [1.54, 1.807) is 4.57 Å². The lowest BCUT2D eigenvalue weighted by molar-refractivity contribution is 0.718. The lowest BCUT2D eigenvalue weighted by Gasteiger charge is -2.17. The third-order valence-corrected chi connectivity index (χ3v) is 4.02. The largest absolute Gasteiger partial charge is 0.367 e. The molecular formula is C17H18ClN5O. The number of nitrogens with one attached hydrogen (secondary N) is 2. The zero-order valence-corrected chi connectivity index (χ0v) is 14.0. The minimum atomic E-state index is -0.136. The van der Waals surface area contributed by atoms with Crippen molar-refractivity contribution in [3.05, 3.63) is 64.6 Å². The first-order valence-corrected chi connectivity index (χ1v) is 7.55. The zero-order chi connectivity index (χ0) is 15.8. The lowest BCUT2D eigenvalue weighted by atomic mass is 10.1. The van der Waals surface area contributed by atoms with Crippen LogP contribution in [0.2, 0.25) is 0 Å². The molecule has 0 saturated heterocycles. The highest BCUT2D eigenvalue weighted by Gasteiger charge is 2.21. The number of fused-ring (bicyclic) bond motifs is 3. The monoisotopic (exact) mass is 343 g/mol. The molecule has 4 rings (SSSR count). The molecule has 0 fully saturated rings. The summed E-state index contributed by atoms with van der Waals surface area (Å²) >= 11 is 0. The Labute approximate surface area is 145 Å². The second-order valence-electron chi connectivity index (χ2n) is 5.52. The molecule has 7 heteroatoms. The number of nitrogens with zero attached hydrogens (tertiary/aromatic N) is 3. The molecule has 0 spiro atoms. The van der Waals surface area contributed by atoms with Crippen LogP contribution in [-0.4, -0.2) is 21.4 Å². The number of aromatic nitrogens is 3. The van der Waals surface area contributed by atoms with Crippen molar-refractivity contribution in [2.75, 3.05) is 12.4 Å². The number of rotatable bonds is 3. The van der Waals surface area contributed by atoms with Gasteiger partial charge in [0.25, 0.3) is 0 Å². The molecule has 2 heterocycles. The van der Waals surface area contributed by atoms with Crippen LogP contribution in [0.25, 0.3) is 17.1 Å². The summed E-state index contributed by atoms with van der Waals surface area (Å²) in [6.07, 6.45) is 0. The molecule has 0 atom stereocenters. The van der Waals surface area contributed by atoms with E-state index in [2.05, 4.69) is 15.7 Å². The van der Waals surface area contributed by atoms with Crippen LogP contribution in [0.4, 0.5) is 5.69 Å². The van der Waals surface area contributed by atoms with Crippen LogP contribution in [0.1, 0.15) is 5.56 Å². The van der Waals surface area contributed by atoms with Crippen molar-refractivity contribution in [2.45, 2.75) is 13.2 Å². The Morgan fingerprint density at radius 1 is 1.17 bits per heavy atom. The number of benzene rings is 2. The maximum absolute atomic E-state index is 12.6. The maximum atomic E-state index is 12.6. The summed E-state index contributed by atoms with van der Waals surface area (Å²) < 4.78 is 3.12. The van der Waals surface area contributed by atoms with Gasteiger partial charge in [-0.3, -0.25) is 4.57 Å². The van der Waals surface area contributed by atoms with Crippen LogP contribution in [0.15, 0.2) is 53.3 Å². The molecule has 2 aromatic carbocycles. The van der Waals surface area contributed by atoms with E-state index in [-0.39, 0.29) is 18.1 Å². The van der Waals surface area contributed by atoms with Crippen molar-refractivity contribution in [3.63, 3.8) is 0 Å². The van der Waals surface area contributed by atoms with Crippen molar-refractivity contribution in [2.24, 2.45) is 0 Å². The third-order valence-electron chi connectivity index (χ3n) is 4.02. The first kappa shape index (κ1) is 16.3. The van der Waals surface area contributed by atoms with E-state index in [4.69, 9.17) is 0 Å². The van der Waals surface area contributed by atoms with Crippen molar-refractivity contribution in [1.29, 1.82) is 0 Å². The standard InChI is InChI=1S/C17H17N5O.ClH/c1-18-10-12-6-8-13(9-7-12)22-17(23)21-11-19-15-5-3-2-4-14(15)16(21)20-22;/h2-9,18-19H,10-11H2,1H3;1H. The summed E-state index contributed by atoms with van der Waals surface area (Å²) in [5.74, 6) is 0.698. The Morgan fingerprint density at radius 3 is 2.67 bits per heavy atom. The Hall–Kier alpha value is -2.57. The summed E-state index contributed by atoms with van der Waals surface area (Å²) in [6, 6.07) is 15.7. The minimum absolute atomic E-state index is 0. The third kappa shape index (κ3) is 2.60. The normalized spacial score (nSPS) is 11.9. The number of halogens is 1. The van der Waals surface area contributed by atoms with E-state index in [9.17, 15) is 4.79 Å². The fourth-order valence-corrected chi connectivity index (χ4v) is 2.86. The van der Waals surface area contributed by atoms with Gasteiger partial charge in [0.1, 0.15) is 0 Å². The molecular weight excluding hydrogens is 326 g/mol. The Bertz CT molecular complexity index is 913. The molecule has 0 saturated carbocycles. The minimum Gasteiger partial charge on any atom is -0.367 e. The molecule has 1 aliphatic rings. The number of hydrogen-bond acceptors (Lipinski definition) is 4. The van der Waals surface area contributed by atoms with Crippen LogP contribution in [0.3, 0.4) is 0 Å². The van der Waals surface area contributed by atoms with Gasteiger partial charge in [0.05, 0.1) is 12.4 Å². The molecule has 1 aromatic heterocycles. The van der Waals surface area contributed by atoms with Gasteiger partial charge in [-0.2, -0.15) is 4.68 Å². The lowest BCUT2D eigenvalue weighted by Crippen LogP contribution is -2.28. The van der Waals surface area contributed by atoms with E-state index in [0.29, 0.717) is 12.5 Å². The molecule has 0 aliphatic carbocycles. The second-order valence-corrected chi connectivity index (χ2v) is 5.52. The van der Waals surface area contributed by atoms with Gasteiger partial charge in [-0.05, 0) is 36.9 Å². The van der Waals surface area contributed by atoms with Gasteiger partial charge in [0.2, 0.25) is 0 Å². The van der Waals surface area contributed by atoms with Gasteiger partial charge in [0, 0.05) is 17.8 Å².